The second-order valence-electron chi connectivity index (χ2n) is 8.35. The minimum atomic E-state index is -3.65. The smallest absolute Gasteiger partial charge is 0.257 e. The molecule has 2 fully saturated rings. The van der Waals surface area contributed by atoms with E-state index in [0.29, 0.717) is 17.5 Å². The Morgan fingerprint density at radius 3 is 2.47 bits per heavy atom. The molecule has 2 aromatic rings. The Balaban J connectivity index is 1.41. The lowest BCUT2D eigenvalue weighted by Gasteiger charge is -2.28. The average molecular weight is 451 g/mol. The first-order valence-electron chi connectivity index (χ1n) is 10.1. The maximum Gasteiger partial charge on any atom is 0.257 e. The van der Waals surface area contributed by atoms with Crippen LogP contribution in [0, 0.1) is 23.6 Å². The Hall–Kier alpha value is -1.96. The molecule has 0 radical (unpaired) electrons. The van der Waals surface area contributed by atoms with E-state index in [2.05, 4.69) is 10.0 Å². The Kier molecular flexibility index (Phi) is 5.88. The third-order valence-electron chi connectivity index (χ3n) is 6.37. The molecule has 0 spiro atoms. The summed E-state index contributed by atoms with van der Waals surface area (Å²) in [6, 6.07) is 9.36. The molecule has 1 amide bonds. The van der Waals surface area contributed by atoms with Crippen molar-refractivity contribution in [1.82, 2.24) is 4.72 Å². The number of amides is 1. The van der Waals surface area contributed by atoms with Gasteiger partial charge >= 0.3 is 0 Å². The minimum Gasteiger partial charge on any atom is -0.322 e. The number of fused-ring (bicyclic) bond motifs is 2. The topological polar surface area (TPSA) is 75.3 Å². The van der Waals surface area contributed by atoms with Gasteiger partial charge in [0.2, 0.25) is 10.0 Å². The molecule has 0 aromatic heterocycles. The van der Waals surface area contributed by atoms with Gasteiger partial charge in [-0.15, -0.1) is 0 Å². The number of halogens is 2. The first-order valence-corrected chi connectivity index (χ1v) is 12.0. The molecule has 5 nitrogen and oxygen atoms in total. The van der Waals surface area contributed by atoms with Crippen LogP contribution in [0.4, 0.5) is 10.1 Å². The SMILES string of the molecule is CC(NS(=O)(=O)c1ccc(NC(=O)c2ccc(F)cc2Cl)cc1)C1CC2CCC1C2. The van der Waals surface area contributed by atoms with Crippen LogP contribution in [0.1, 0.15) is 43.0 Å². The summed E-state index contributed by atoms with van der Waals surface area (Å²) < 4.78 is 41.5. The van der Waals surface area contributed by atoms with E-state index >= 15 is 0 Å². The summed E-state index contributed by atoms with van der Waals surface area (Å²) in [5.41, 5.74) is 0.552. The molecule has 4 unspecified atom stereocenters. The van der Waals surface area contributed by atoms with Crippen LogP contribution in [0.5, 0.6) is 0 Å². The normalized spacial score (nSPS) is 24.0. The molecule has 0 heterocycles. The summed E-state index contributed by atoms with van der Waals surface area (Å²) in [6.07, 6.45) is 4.80. The first kappa shape index (κ1) is 21.3. The van der Waals surface area contributed by atoms with Crippen molar-refractivity contribution in [3.05, 3.63) is 58.9 Å². The molecule has 2 aliphatic carbocycles. The van der Waals surface area contributed by atoms with Gasteiger partial charge in [-0.25, -0.2) is 17.5 Å². The zero-order valence-corrected chi connectivity index (χ0v) is 18.1. The van der Waals surface area contributed by atoms with Crippen LogP contribution < -0.4 is 10.0 Å². The third-order valence-corrected chi connectivity index (χ3v) is 8.26. The summed E-state index contributed by atoms with van der Waals surface area (Å²) in [6.45, 7) is 1.95. The molecule has 2 bridgehead atoms. The lowest BCUT2D eigenvalue weighted by Crippen LogP contribution is -2.40. The van der Waals surface area contributed by atoms with E-state index in [4.69, 9.17) is 11.6 Å². The third kappa shape index (κ3) is 4.38. The van der Waals surface area contributed by atoms with E-state index in [1.54, 1.807) is 0 Å². The molecule has 0 aliphatic heterocycles. The van der Waals surface area contributed by atoms with Crippen LogP contribution in [0.25, 0.3) is 0 Å². The maximum absolute atomic E-state index is 13.1. The van der Waals surface area contributed by atoms with Crippen LogP contribution >= 0.6 is 11.6 Å². The number of hydrogen-bond donors (Lipinski definition) is 2. The van der Waals surface area contributed by atoms with Gasteiger partial charge < -0.3 is 5.32 Å². The number of carbonyl (C=O) groups is 1. The molecular formula is C22H24ClFN2O3S. The fourth-order valence-corrected chi connectivity index (χ4v) is 6.44. The standard InChI is InChI=1S/C22H24ClFN2O3S/c1-13(20-11-14-2-3-15(20)10-14)26-30(28,29)18-7-5-17(6-8-18)25-22(27)19-9-4-16(24)12-21(19)23/h4-9,12-15,20,26H,2-3,10-11H2,1H3,(H,25,27). The molecule has 2 N–H and O–H groups in total. The quantitative estimate of drug-likeness (QED) is 0.661. The fourth-order valence-electron chi connectivity index (χ4n) is 4.90. The summed E-state index contributed by atoms with van der Waals surface area (Å²) in [7, 11) is -3.65. The molecule has 30 heavy (non-hydrogen) atoms. The van der Waals surface area contributed by atoms with Crippen LogP contribution in [-0.2, 0) is 10.0 Å². The van der Waals surface area contributed by atoms with Crippen LogP contribution in [0.15, 0.2) is 47.4 Å². The predicted octanol–water partition coefficient (Wildman–Crippen LogP) is 4.83. The predicted molar refractivity (Wildman–Crippen MR) is 115 cm³/mol. The van der Waals surface area contributed by atoms with Crippen LogP contribution in [0.2, 0.25) is 5.02 Å². The van der Waals surface area contributed by atoms with Gasteiger partial charge in [0, 0.05) is 11.7 Å². The van der Waals surface area contributed by atoms with Crippen molar-refractivity contribution < 1.29 is 17.6 Å². The highest BCUT2D eigenvalue weighted by Crippen LogP contribution is 2.49. The number of sulfonamides is 1. The van der Waals surface area contributed by atoms with Crippen molar-refractivity contribution in [1.29, 1.82) is 0 Å². The monoisotopic (exact) mass is 450 g/mol. The number of carbonyl (C=O) groups excluding carboxylic acids is 1. The lowest BCUT2D eigenvalue weighted by atomic mass is 9.84. The number of rotatable bonds is 6. The molecule has 2 aliphatic rings. The van der Waals surface area contributed by atoms with Crippen LogP contribution in [0.3, 0.4) is 0 Å². The maximum atomic E-state index is 13.1. The molecular weight excluding hydrogens is 427 g/mol. The molecule has 2 aromatic carbocycles. The largest absolute Gasteiger partial charge is 0.322 e. The first-order chi connectivity index (χ1) is 14.2. The average Bonchev–Trinajstić information content (AvgIpc) is 3.31. The van der Waals surface area contributed by atoms with E-state index in [1.165, 1.54) is 49.6 Å². The number of anilines is 1. The molecule has 4 atom stereocenters. The fraction of sp³-hybridized carbons (Fsp3) is 0.409. The molecule has 0 saturated heterocycles. The summed E-state index contributed by atoms with van der Waals surface area (Å²) >= 11 is 5.91. The Morgan fingerprint density at radius 2 is 1.87 bits per heavy atom. The van der Waals surface area contributed by atoms with Crippen molar-refractivity contribution in [2.75, 3.05) is 5.32 Å². The van der Waals surface area contributed by atoms with E-state index in [0.717, 1.165) is 24.5 Å². The van der Waals surface area contributed by atoms with Crippen molar-refractivity contribution in [2.24, 2.45) is 17.8 Å². The second kappa shape index (κ2) is 8.29. The second-order valence-corrected chi connectivity index (χ2v) is 10.5. The minimum absolute atomic E-state index is 0.00509. The van der Waals surface area contributed by atoms with Gasteiger partial charge in [-0.3, -0.25) is 4.79 Å². The van der Waals surface area contributed by atoms with Gasteiger partial charge in [-0.2, -0.15) is 0 Å². The number of benzene rings is 2. The zero-order valence-electron chi connectivity index (χ0n) is 16.6. The van der Waals surface area contributed by atoms with E-state index in [-0.39, 0.29) is 21.5 Å². The zero-order chi connectivity index (χ0) is 21.5. The Bertz CT molecular complexity index is 1060. The highest BCUT2D eigenvalue weighted by molar-refractivity contribution is 7.89. The molecule has 4 rings (SSSR count). The molecule has 2 saturated carbocycles. The van der Waals surface area contributed by atoms with Gasteiger partial charge in [0.1, 0.15) is 5.82 Å². The van der Waals surface area contributed by atoms with Gasteiger partial charge in [0.15, 0.2) is 0 Å². The van der Waals surface area contributed by atoms with Crippen LogP contribution in [-0.4, -0.2) is 20.4 Å². The van der Waals surface area contributed by atoms with E-state index in [9.17, 15) is 17.6 Å². The van der Waals surface area contributed by atoms with Gasteiger partial charge in [-0.05, 0) is 86.4 Å². The van der Waals surface area contributed by atoms with Gasteiger partial charge in [0.05, 0.1) is 15.5 Å². The summed E-state index contributed by atoms with van der Waals surface area (Å²) in [4.78, 5) is 12.5. The summed E-state index contributed by atoms with van der Waals surface area (Å²) in [5.74, 6) is 0.752. The van der Waals surface area contributed by atoms with Gasteiger partial charge in [0.25, 0.3) is 5.91 Å². The van der Waals surface area contributed by atoms with Crippen molar-refractivity contribution >= 4 is 33.2 Å². The number of hydrogen-bond acceptors (Lipinski definition) is 3. The summed E-state index contributed by atoms with van der Waals surface area (Å²) in [5, 5.41) is 2.64. The Labute approximate surface area is 181 Å². The van der Waals surface area contributed by atoms with E-state index < -0.39 is 21.7 Å². The molecule has 160 valence electrons. The van der Waals surface area contributed by atoms with Crippen molar-refractivity contribution in [2.45, 2.75) is 43.5 Å². The van der Waals surface area contributed by atoms with Gasteiger partial charge in [-0.1, -0.05) is 18.0 Å². The van der Waals surface area contributed by atoms with E-state index in [1.807, 2.05) is 6.92 Å². The Morgan fingerprint density at radius 1 is 1.13 bits per heavy atom. The highest BCUT2D eigenvalue weighted by atomic mass is 35.5. The van der Waals surface area contributed by atoms with Crippen molar-refractivity contribution in [3.8, 4) is 0 Å². The highest BCUT2D eigenvalue weighted by Gasteiger charge is 2.42. The lowest BCUT2D eigenvalue weighted by molar-refractivity contribution is 0.102. The number of nitrogens with one attached hydrogen (secondary N) is 2. The molecule has 8 heteroatoms. The van der Waals surface area contributed by atoms with Crippen molar-refractivity contribution in [3.63, 3.8) is 0 Å².